The molecule has 0 aliphatic heterocycles. The number of rotatable bonds is 2. The summed E-state index contributed by atoms with van der Waals surface area (Å²) in [4.78, 5) is 12.1. The van der Waals surface area contributed by atoms with Crippen LogP contribution in [0.1, 0.15) is 85.0 Å². The molecule has 0 aromatic carbocycles. The summed E-state index contributed by atoms with van der Waals surface area (Å²) in [6.07, 6.45) is 11.1. The van der Waals surface area contributed by atoms with Crippen LogP contribution in [0.5, 0.6) is 0 Å². The molecule has 4 saturated carbocycles. The van der Waals surface area contributed by atoms with E-state index >= 15 is 0 Å². The molecular weight excluding hydrogens is 312 g/mol. The van der Waals surface area contributed by atoms with E-state index in [0.29, 0.717) is 29.6 Å². The van der Waals surface area contributed by atoms with E-state index < -0.39 is 17.0 Å². The number of carbonyl (C=O) groups is 1. The van der Waals surface area contributed by atoms with Gasteiger partial charge in [0.15, 0.2) is 5.60 Å². The van der Waals surface area contributed by atoms with Gasteiger partial charge in [-0.1, -0.05) is 27.2 Å². The van der Waals surface area contributed by atoms with Crippen LogP contribution in [-0.4, -0.2) is 21.8 Å². The van der Waals surface area contributed by atoms with Gasteiger partial charge in [0, 0.05) is 5.41 Å². The molecule has 0 aromatic heterocycles. The van der Waals surface area contributed by atoms with Gasteiger partial charge < -0.3 is 10.2 Å². The number of aliphatic carboxylic acids is 1. The van der Waals surface area contributed by atoms with Gasteiger partial charge in [0.1, 0.15) is 0 Å². The second-order valence-corrected chi connectivity index (χ2v) is 10.2. The van der Waals surface area contributed by atoms with E-state index in [9.17, 15) is 15.0 Å². The van der Waals surface area contributed by atoms with Gasteiger partial charge in [-0.15, -0.1) is 0 Å². The second kappa shape index (κ2) is 5.71. The van der Waals surface area contributed by atoms with E-state index in [-0.39, 0.29) is 0 Å². The molecule has 4 aliphatic rings. The zero-order valence-corrected chi connectivity index (χ0v) is 16.3. The van der Waals surface area contributed by atoms with Crippen LogP contribution in [-0.2, 0) is 4.79 Å². The molecule has 3 heteroatoms. The highest BCUT2D eigenvalue weighted by atomic mass is 16.4. The average molecular weight is 349 g/mol. The topological polar surface area (TPSA) is 57.5 Å². The van der Waals surface area contributed by atoms with Crippen LogP contribution in [0, 0.1) is 40.4 Å². The van der Waals surface area contributed by atoms with Crippen LogP contribution < -0.4 is 0 Å². The summed E-state index contributed by atoms with van der Waals surface area (Å²) in [7, 11) is 0. The first-order chi connectivity index (χ1) is 11.8. The summed E-state index contributed by atoms with van der Waals surface area (Å²) in [5.41, 5.74) is -1.50. The quantitative estimate of drug-likeness (QED) is 0.748. The van der Waals surface area contributed by atoms with Gasteiger partial charge >= 0.3 is 5.97 Å². The molecule has 4 aliphatic carbocycles. The first-order valence-corrected chi connectivity index (χ1v) is 10.7. The van der Waals surface area contributed by atoms with E-state index in [4.69, 9.17) is 0 Å². The summed E-state index contributed by atoms with van der Waals surface area (Å²) in [6.45, 7) is 7.01. The van der Waals surface area contributed by atoms with Crippen molar-refractivity contribution >= 4 is 5.97 Å². The van der Waals surface area contributed by atoms with Gasteiger partial charge in [-0.3, -0.25) is 0 Å². The first-order valence-electron chi connectivity index (χ1n) is 10.7. The van der Waals surface area contributed by atoms with E-state index in [2.05, 4.69) is 20.8 Å². The lowest BCUT2D eigenvalue weighted by atomic mass is 9.41. The van der Waals surface area contributed by atoms with Crippen molar-refractivity contribution in [3.8, 4) is 0 Å². The zero-order valence-electron chi connectivity index (χ0n) is 16.3. The van der Waals surface area contributed by atoms with Crippen molar-refractivity contribution in [1.29, 1.82) is 0 Å². The van der Waals surface area contributed by atoms with Gasteiger partial charge in [0.2, 0.25) is 0 Å². The Balaban J connectivity index is 1.72. The molecule has 4 fully saturated rings. The molecule has 2 N–H and O–H groups in total. The number of fused-ring (bicyclic) bond motifs is 5. The van der Waals surface area contributed by atoms with E-state index in [1.807, 2.05) is 0 Å². The molecule has 3 nitrogen and oxygen atoms in total. The van der Waals surface area contributed by atoms with Crippen LogP contribution in [0.25, 0.3) is 0 Å². The summed E-state index contributed by atoms with van der Waals surface area (Å²) in [5, 5.41) is 21.3. The van der Waals surface area contributed by atoms with E-state index in [1.54, 1.807) is 0 Å². The van der Waals surface area contributed by atoms with Crippen molar-refractivity contribution in [2.24, 2.45) is 40.4 Å². The summed E-state index contributed by atoms with van der Waals surface area (Å²) < 4.78 is 0. The molecule has 2 unspecified atom stereocenters. The largest absolute Gasteiger partial charge is 0.479 e. The summed E-state index contributed by atoms with van der Waals surface area (Å²) in [6, 6.07) is 0. The van der Waals surface area contributed by atoms with Crippen LogP contribution in [0.15, 0.2) is 0 Å². The van der Waals surface area contributed by atoms with Crippen molar-refractivity contribution in [2.45, 2.75) is 90.6 Å². The van der Waals surface area contributed by atoms with Gasteiger partial charge in [0.05, 0.1) is 0 Å². The van der Waals surface area contributed by atoms with Gasteiger partial charge in [0.25, 0.3) is 0 Å². The number of hydrogen-bond acceptors (Lipinski definition) is 2. The fraction of sp³-hybridized carbons (Fsp3) is 0.955. The highest BCUT2D eigenvalue weighted by Crippen LogP contribution is 2.69. The van der Waals surface area contributed by atoms with Gasteiger partial charge in [-0.25, -0.2) is 4.79 Å². The zero-order chi connectivity index (χ0) is 18.0. The standard InChI is InChI=1S/C22H36O3/c1-4-14-8-10-17-16-9-7-15-6-5-12-22(25,19(23)24)21(15,3)18(16)11-13-20(14,17)2/h14-18,25H,4-13H2,1-3H3,(H,23,24)/t14-,15?,16-,17-,18-,20+,21-,22?/m0/s1. The minimum atomic E-state index is -1.52. The fourth-order valence-corrected chi connectivity index (χ4v) is 8.51. The van der Waals surface area contributed by atoms with E-state index in [1.165, 1.54) is 32.1 Å². The molecule has 0 heterocycles. The Morgan fingerprint density at radius 1 is 1.00 bits per heavy atom. The minimum absolute atomic E-state index is 0.385. The maximum Gasteiger partial charge on any atom is 0.336 e. The van der Waals surface area contributed by atoms with Crippen molar-refractivity contribution in [3.05, 3.63) is 0 Å². The molecule has 8 atom stereocenters. The number of carboxylic acid groups (broad SMARTS) is 1. The second-order valence-electron chi connectivity index (χ2n) is 10.2. The predicted octanol–water partition coefficient (Wildman–Crippen LogP) is 4.87. The Kier molecular flexibility index (Phi) is 4.07. The molecular formula is C22H36O3. The molecule has 0 aromatic rings. The number of aliphatic hydroxyl groups is 1. The fourth-order valence-electron chi connectivity index (χ4n) is 8.51. The normalized spacial score (nSPS) is 55.1. The minimum Gasteiger partial charge on any atom is -0.479 e. The Hall–Kier alpha value is -0.570. The third-order valence-corrected chi connectivity index (χ3v) is 9.93. The predicted molar refractivity (Wildman–Crippen MR) is 98.1 cm³/mol. The first kappa shape index (κ1) is 17.8. The molecule has 142 valence electrons. The highest BCUT2D eigenvalue weighted by Gasteiger charge is 2.67. The van der Waals surface area contributed by atoms with Crippen molar-refractivity contribution < 1.29 is 15.0 Å². The molecule has 25 heavy (non-hydrogen) atoms. The third-order valence-electron chi connectivity index (χ3n) is 9.93. The highest BCUT2D eigenvalue weighted by molar-refractivity contribution is 5.78. The van der Waals surface area contributed by atoms with Gasteiger partial charge in [-0.2, -0.15) is 0 Å². The lowest BCUT2D eigenvalue weighted by Gasteiger charge is -2.64. The van der Waals surface area contributed by atoms with Crippen molar-refractivity contribution in [2.75, 3.05) is 0 Å². The molecule has 0 spiro atoms. The Labute approximate surface area is 152 Å². The van der Waals surface area contributed by atoms with Crippen LogP contribution in [0.2, 0.25) is 0 Å². The van der Waals surface area contributed by atoms with Crippen molar-refractivity contribution in [1.82, 2.24) is 0 Å². The smallest absolute Gasteiger partial charge is 0.336 e. The Bertz CT molecular complexity index is 559. The summed E-state index contributed by atoms with van der Waals surface area (Å²) in [5.74, 6) is 2.02. The third kappa shape index (κ3) is 2.11. The molecule has 0 saturated heterocycles. The molecule has 4 rings (SSSR count). The maximum absolute atomic E-state index is 12.1. The van der Waals surface area contributed by atoms with Crippen LogP contribution in [0.3, 0.4) is 0 Å². The monoisotopic (exact) mass is 348 g/mol. The lowest BCUT2D eigenvalue weighted by molar-refractivity contribution is -0.227. The molecule has 0 radical (unpaired) electrons. The SMILES string of the molecule is CC[C@H]1CC[C@H]2[C@@H]3CCC4CCCC(O)(C(=O)O)[C@]4(C)[C@H]3CC[C@]12C. The summed E-state index contributed by atoms with van der Waals surface area (Å²) >= 11 is 0. The van der Waals surface area contributed by atoms with Crippen molar-refractivity contribution in [3.63, 3.8) is 0 Å². The van der Waals surface area contributed by atoms with E-state index in [0.717, 1.165) is 37.5 Å². The van der Waals surface area contributed by atoms with Gasteiger partial charge in [-0.05, 0) is 92.8 Å². The maximum atomic E-state index is 12.1. The van der Waals surface area contributed by atoms with Crippen LogP contribution in [0.4, 0.5) is 0 Å². The average Bonchev–Trinajstić information content (AvgIpc) is 2.92. The lowest BCUT2D eigenvalue weighted by Crippen LogP contribution is -2.66. The molecule has 0 amide bonds. The Morgan fingerprint density at radius 3 is 2.44 bits per heavy atom. The number of carboxylic acids is 1. The molecule has 0 bridgehead atoms. The number of hydrogen-bond donors (Lipinski definition) is 2. The Morgan fingerprint density at radius 2 is 1.76 bits per heavy atom. The van der Waals surface area contributed by atoms with Crippen LogP contribution >= 0.6 is 0 Å².